The van der Waals surface area contributed by atoms with Gasteiger partial charge in [-0.15, -0.1) is 24.0 Å². The zero-order valence-corrected chi connectivity index (χ0v) is 17.7. The number of hydrogen-bond acceptors (Lipinski definition) is 6. The van der Waals surface area contributed by atoms with Gasteiger partial charge >= 0.3 is 0 Å². The number of nitrogens with zero attached hydrogens (tertiary/aromatic N) is 3. The number of nitrogens with one attached hydrogen (secondary N) is 2. The monoisotopic (exact) mass is 473 g/mol. The zero-order valence-electron chi connectivity index (χ0n) is 15.3. The summed E-state index contributed by atoms with van der Waals surface area (Å²) in [7, 11) is 1.71. The minimum Gasteiger partial charge on any atom is -0.454 e. The second-order valence-electron chi connectivity index (χ2n) is 6.73. The van der Waals surface area contributed by atoms with Gasteiger partial charge in [0, 0.05) is 19.0 Å². The van der Waals surface area contributed by atoms with Crippen molar-refractivity contribution in [2.45, 2.75) is 39.3 Å². The fraction of sp³-hybridized carbons (Fsp3) is 0.471. The topological polar surface area (TPSA) is 93.8 Å². The molecule has 26 heavy (non-hydrogen) atoms. The standard InChI is InChI=1S/C17H23N5O3.HI/c1-17(2,3)15-21-14(22-25-15)9-20-16(18-4)19-8-11-5-6-12-13(7-11)24-10-23-12;/h5-7H,8-10H2,1-4H3,(H2,18,19,20);1H. The number of fused-ring (bicyclic) bond motifs is 1. The second kappa shape index (κ2) is 8.56. The maximum absolute atomic E-state index is 5.38. The van der Waals surface area contributed by atoms with Gasteiger partial charge in [-0.2, -0.15) is 4.98 Å². The van der Waals surface area contributed by atoms with Crippen LogP contribution in [0.15, 0.2) is 27.7 Å². The minimum atomic E-state index is -0.162. The van der Waals surface area contributed by atoms with Crippen LogP contribution in [0.5, 0.6) is 11.5 Å². The molecule has 0 radical (unpaired) electrons. The SMILES string of the molecule is CN=C(NCc1ccc2c(c1)OCO2)NCc1noc(C(C)(C)C)n1.I. The Balaban J connectivity index is 0.00000243. The molecule has 8 nitrogen and oxygen atoms in total. The van der Waals surface area contributed by atoms with Crippen LogP contribution in [0.25, 0.3) is 0 Å². The minimum absolute atomic E-state index is 0. The fourth-order valence-corrected chi connectivity index (χ4v) is 2.25. The molecule has 1 aromatic carbocycles. The van der Waals surface area contributed by atoms with Gasteiger partial charge in [0.05, 0.1) is 6.54 Å². The Morgan fingerprint density at radius 3 is 2.58 bits per heavy atom. The van der Waals surface area contributed by atoms with Crippen LogP contribution in [0, 0.1) is 0 Å². The van der Waals surface area contributed by atoms with Gasteiger partial charge in [0.15, 0.2) is 23.3 Å². The first-order valence-corrected chi connectivity index (χ1v) is 8.12. The van der Waals surface area contributed by atoms with Gasteiger partial charge in [-0.25, -0.2) is 0 Å². The predicted octanol–water partition coefficient (Wildman–Crippen LogP) is 2.58. The van der Waals surface area contributed by atoms with E-state index in [-0.39, 0.29) is 36.2 Å². The van der Waals surface area contributed by atoms with Crippen LogP contribution in [-0.4, -0.2) is 29.9 Å². The van der Waals surface area contributed by atoms with Crippen molar-refractivity contribution in [1.29, 1.82) is 0 Å². The summed E-state index contributed by atoms with van der Waals surface area (Å²) in [5.41, 5.74) is 0.909. The molecule has 1 aliphatic rings. The van der Waals surface area contributed by atoms with Crippen LogP contribution in [0.4, 0.5) is 0 Å². The summed E-state index contributed by atoms with van der Waals surface area (Å²) < 4.78 is 16.0. The van der Waals surface area contributed by atoms with Crippen LogP contribution >= 0.6 is 24.0 Å². The lowest BCUT2D eigenvalue weighted by atomic mass is 9.97. The van der Waals surface area contributed by atoms with Crippen molar-refractivity contribution in [1.82, 2.24) is 20.8 Å². The van der Waals surface area contributed by atoms with E-state index >= 15 is 0 Å². The molecule has 3 rings (SSSR count). The highest BCUT2D eigenvalue weighted by molar-refractivity contribution is 14.0. The fourth-order valence-electron chi connectivity index (χ4n) is 2.25. The van der Waals surface area contributed by atoms with Crippen molar-refractivity contribution in [2.75, 3.05) is 13.8 Å². The lowest BCUT2D eigenvalue weighted by Crippen LogP contribution is -2.36. The van der Waals surface area contributed by atoms with E-state index in [4.69, 9.17) is 14.0 Å². The molecule has 9 heteroatoms. The van der Waals surface area contributed by atoms with Crippen molar-refractivity contribution in [3.05, 3.63) is 35.5 Å². The van der Waals surface area contributed by atoms with E-state index in [2.05, 4.69) is 25.8 Å². The maximum atomic E-state index is 5.38. The highest BCUT2D eigenvalue weighted by atomic mass is 127. The summed E-state index contributed by atoms with van der Waals surface area (Å²) in [4.78, 5) is 8.59. The molecule has 2 heterocycles. The van der Waals surface area contributed by atoms with Crippen LogP contribution in [-0.2, 0) is 18.5 Å². The summed E-state index contributed by atoms with van der Waals surface area (Å²) in [5, 5.41) is 10.4. The molecule has 142 valence electrons. The molecular formula is C17H24IN5O3. The molecule has 0 spiro atoms. The third-order valence-corrected chi connectivity index (χ3v) is 3.64. The number of rotatable bonds is 4. The summed E-state index contributed by atoms with van der Waals surface area (Å²) in [6.45, 7) is 7.41. The van der Waals surface area contributed by atoms with E-state index in [0.717, 1.165) is 17.1 Å². The molecule has 1 aliphatic heterocycles. The van der Waals surface area contributed by atoms with Gasteiger partial charge in [-0.05, 0) is 17.7 Å². The van der Waals surface area contributed by atoms with Crippen molar-refractivity contribution in [3.8, 4) is 11.5 Å². The van der Waals surface area contributed by atoms with Crippen LogP contribution in [0.3, 0.4) is 0 Å². The molecule has 0 atom stereocenters. The molecule has 0 fully saturated rings. The molecule has 0 unspecified atom stereocenters. The quantitative estimate of drug-likeness (QED) is 0.401. The van der Waals surface area contributed by atoms with Gasteiger partial charge in [-0.1, -0.05) is 32.0 Å². The van der Waals surface area contributed by atoms with Gasteiger partial charge < -0.3 is 24.6 Å². The van der Waals surface area contributed by atoms with Gasteiger partial charge in [-0.3, -0.25) is 4.99 Å². The number of benzene rings is 1. The average molecular weight is 473 g/mol. The second-order valence-corrected chi connectivity index (χ2v) is 6.73. The Kier molecular flexibility index (Phi) is 6.68. The van der Waals surface area contributed by atoms with Gasteiger partial charge in [0.25, 0.3) is 0 Å². The summed E-state index contributed by atoms with van der Waals surface area (Å²) in [5.74, 6) is 3.41. The molecule has 2 N–H and O–H groups in total. The largest absolute Gasteiger partial charge is 0.454 e. The Hall–Kier alpha value is -2.04. The normalized spacial score (nSPS) is 13.3. The molecule has 1 aromatic heterocycles. The first kappa shape index (κ1) is 20.3. The maximum Gasteiger partial charge on any atom is 0.232 e. The van der Waals surface area contributed by atoms with Crippen molar-refractivity contribution in [3.63, 3.8) is 0 Å². The smallest absolute Gasteiger partial charge is 0.232 e. The van der Waals surface area contributed by atoms with E-state index < -0.39 is 0 Å². The summed E-state index contributed by atoms with van der Waals surface area (Å²) in [6.07, 6.45) is 0. The molecule has 0 bridgehead atoms. The number of halogens is 1. The molecule has 0 saturated heterocycles. The summed E-state index contributed by atoms with van der Waals surface area (Å²) >= 11 is 0. The van der Waals surface area contributed by atoms with Crippen molar-refractivity contribution >= 4 is 29.9 Å². The molecular weight excluding hydrogens is 449 g/mol. The molecule has 2 aromatic rings. The Morgan fingerprint density at radius 1 is 1.15 bits per heavy atom. The first-order chi connectivity index (χ1) is 12.0. The Morgan fingerprint density at radius 2 is 1.88 bits per heavy atom. The Labute approximate surface area is 169 Å². The third kappa shape index (κ3) is 4.99. The highest BCUT2D eigenvalue weighted by Gasteiger charge is 2.21. The van der Waals surface area contributed by atoms with E-state index in [9.17, 15) is 0 Å². The van der Waals surface area contributed by atoms with Crippen molar-refractivity contribution in [2.24, 2.45) is 4.99 Å². The molecule has 0 aliphatic carbocycles. The Bertz CT molecular complexity index is 770. The van der Waals surface area contributed by atoms with Crippen LogP contribution < -0.4 is 20.1 Å². The highest BCUT2D eigenvalue weighted by Crippen LogP contribution is 2.32. The van der Waals surface area contributed by atoms with Gasteiger partial charge in [0.1, 0.15) is 0 Å². The number of aliphatic imine (C=N–C) groups is 1. The number of guanidine groups is 1. The van der Waals surface area contributed by atoms with Crippen LogP contribution in [0.1, 0.15) is 38.0 Å². The number of aromatic nitrogens is 2. The lowest BCUT2D eigenvalue weighted by molar-refractivity contribution is 0.174. The van der Waals surface area contributed by atoms with E-state index in [1.54, 1.807) is 7.05 Å². The predicted molar refractivity (Wildman–Crippen MR) is 108 cm³/mol. The van der Waals surface area contributed by atoms with Crippen LogP contribution in [0.2, 0.25) is 0 Å². The average Bonchev–Trinajstić information content (AvgIpc) is 3.23. The zero-order chi connectivity index (χ0) is 17.9. The van der Waals surface area contributed by atoms with E-state index in [1.807, 2.05) is 39.0 Å². The lowest BCUT2D eigenvalue weighted by Gasteiger charge is -2.11. The van der Waals surface area contributed by atoms with E-state index in [0.29, 0.717) is 30.8 Å². The number of ether oxygens (including phenoxy) is 2. The molecule has 0 amide bonds. The van der Waals surface area contributed by atoms with Gasteiger partial charge in [0.2, 0.25) is 12.7 Å². The third-order valence-electron chi connectivity index (χ3n) is 3.64. The van der Waals surface area contributed by atoms with Crippen molar-refractivity contribution < 1.29 is 14.0 Å². The first-order valence-electron chi connectivity index (χ1n) is 8.12. The van der Waals surface area contributed by atoms with E-state index in [1.165, 1.54) is 0 Å². The number of hydrogen-bond donors (Lipinski definition) is 2. The summed E-state index contributed by atoms with van der Waals surface area (Å²) in [6, 6.07) is 5.85. The molecule has 0 saturated carbocycles.